The number of halogens is 1. The molecule has 0 radical (unpaired) electrons. The van der Waals surface area contributed by atoms with Crippen LogP contribution in [0.3, 0.4) is 0 Å². The molecule has 0 unspecified atom stereocenters. The lowest BCUT2D eigenvalue weighted by atomic mass is 10.0. The smallest absolute Gasteiger partial charge is 0.192 e. The Morgan fingerprint density at radius 2 is 1.89 bits per heavy atom. The highest BCUT2D eigenvalue weighted by molar-refractivity contribution is 5.62. The van der Waals surface area contributed by atoms with Gasteiger partial charge in [0.1, 0.15) is 6.67 Å². The summed E-state index contributed by atoms with van der Waals surface area (Å²) >= 11 is 0. The van der Waals surface area contributed by atoms with E-state index in [1.165, 1.54) is 0 Å². The molecule has 0 aliphatic heterocycles. The van der Waals surface area contributed by atoms with Crippen LogP contribution >= 0.6 is 0 Å². The highest BCUT2D eigenvalue weighted by atomic mass is 19.1. The Morgan fingerprint density at radius 3 is 2.50 bits per heavy atom. The van der Waals surface area contributed by atoms with E-state index in [4.69, 9.17) is 0 Å². The summed E-state index contributed by atoms with van der Waals surface area (Å²) < 4.78 is 14.2. The van der Waals surface area contributed by atoms with E-state index in [1.54, 1.807) is 17.0 Å². The van der Waals surface area contributed by atoms with Gasteiger partial charge in [0, 0.05) is 23.5 Å². The lowest BCUT2D eigenvalue weighted by Crippen LogP contribution is -2.15. The first-order chi connectivity index (χ1) is 8.76. The van der Waals surface area contributed by atoms with Crippen LogP contribution in [0.1, 0.15) is 12.5 Å². The van der Waals surface area contributed by atoms with Gasteiger partial charge in [-0.1, -0.05) is 37.3 Å². The molecule has 1 aromatic carbocycles. The Bertz CT molecular complexity index is 575. The predicted octanol–water partition coefficient (Wildman–Crippen LogP) is 3.05. The van der Waals surface area contributed by atoms with E-state index in [0.717, 1.165) is 11.1 Å². The lowest BCUT2D eigenvalue weighted by Gasteiger charge is -2.10. The molecule has 2 aromatic rings. The number of hydrogen-bond acceptors (Lipinski definition) is 1. The molecule has 0 atom stereocenters. The molecule has 18 heavy (non-hydrogen) atoms. The Balaban J connectivity index is 2.59. The normalized spacial score (nSPS) is 10.6. The quantitative estimate of drug-likeness (QED) is 0.811. The van der Waals surface area contributed by atoms with Gasteiger partial charge in [0.2, 0.25) is 0 Å². The van der Waals surface area contributed by atoms with Crippen LogP contribution in [-0.4, -0.2) is 11.2 Å². The first-order valence-electron chi connectivity index (χ1n) is 6.10. The molecule has 2 rings (SSSR count). The number of aryl methyl sites for hydroxylation is 2. The van der Waals surface area contributed by atoms with Crippen LogP contribution in [0.2, 0.25) is 0 Å². The second kappa shape index (κ2) is 5.63. The molecule has 0 aliphatic rings. The van der Waals surface area contributed by atoms with E-state index >= 15 is 0 Å². The van der Waals surface area contributed by atoms with Crippen LogP contribution < -0.4 is 5.43 Å². The summed E-state index contributed by atoms with van der Waals surface area (Å²) in [6, 6.07) is 9.50. The van der Waals surface area contributed by atoms with Crippen molar-refractivity contribution < 1.29 is 4.39 Å². The molecular formula is C15H16FNO. The first-order valence-corrected chi connectivity index (χ1v) is 6.10. The number of aromatic nitrogens is 1. The van der Waals surface area contributed by atoms with Crippen molar-refractivity contribution in [1.82, 2.24) is 4.57 Å². The zero-order valence-corrected chi connectivity index (χ0v) is 10.4. The number of alkyl halides is 1. The zero-order chi connectivity index (χ0) is 13.0. The number of pyridine rings is 1. The van der Waals surface area contributed by atoms with E-state index < -0.39 is 6.67 Å². The number of benzene rings is 1. The highest BCUT2D eigenvalue weighted by Gasteiger charge is 2.08. The van der Waals surface area contributed by atoms with Crippen LogP contribution in [0.5, 0.6) is 0 Å². The fourth-order valence-corrected chi connectivity index (χ4v) is 2.00. The molecule has 94 valence electrons. The van der Waals surface area contributed by atoms with E-state index in [1.807, 2.05) is 37.3 Å². The third kappa shape index (κ3) is 2.50. The van der Waals surface area contributed by atoms with Gasteiger partial charge in [0.05, 0.1) is 6.54 Å². The fourth-order valence-electron chi connectivity index (χ4n) is 2.00. The average Bonchev–Trinajstić information content (AvgIpc) is 2.42. The Kier molecular flexibility index (Phi) is 3.92. The van der Waals surface area contributed by atoms with Gasteiger partial charge in [0.25, 0.3) is 0 Å². The molecule has 0 bridgehead atoms. The molecule has 0 N–H and O–H groups in total. The number of rotatable bonds is 4. The molecule has 0 saturated heterocycles. The second-order valence-electron chi connectivity index (χ2n) is 4.17. The van der Waals surface area contributed by atoms with Crippen molar-refractivity contribution >= 4 is 0 Å². The van der Waals surface area contributed by atoms with Gasteiger partial charge in [-0.2, -0.15) is 0 Å². The van der Waals surface area contributed by atoms with E-state index in [2.05, 4.69) is 0 Å². The molecule has 3 heteroatoms. The van der Waals surface area contributed by atoms with Crippen LogP contribution in [0.4, 0.5) is 4.39 Å². The summed E-state index contributed by atoms with van der Waals surface area (Å²) in [6.07, 6.45) is 4.14. The zero-order valence-electron chi connectivity index (χ0n) is 10.4. The van der Waals surface area contributed by atoms with Gasteiger partial charge in [-0.15, -0.1) is 0 Å². The second-order valence-corrected chi connectivity index (χ2v) is 4.17. The van der Waals surface area contributed by atoms with Crippen molar-refractivity contribution in [3.8, 4) is 11.1 Å². The summed E-state index contributed by atoms with van der Waals surface area (Å²) in [5, 5.41) is 0. The van der Waals surface area contributed by atoms with Crippen molar-refractivity contribution in [2.45, 2.75) is 19.9 Å². The van der Waals surface area contributed by atoms with Crippen molar-refractivity contribution in [2.24, 2.45) is 0 Å². The van der Waals surface area contributed by atoms with Crippen molar-refractivity contribution in [1.29, 1.82) is 0 Å². The summed E-state index contributed by atoms with van der Waals surface area (Å²) in [7, 11) is 0. The molecule has 2 nitrogen and oxygen atoms in total. The van der Waals surface area contributed by atoms with Gasteiger partial charge in [0.15, 0.2) is 5.43 Å². The molecule has 0 aliphatic carbocycles. The maximum atomic E-state index is 12.5. The predicted molar refractivity (Wildman–Crippen MR) is 71.5 cm³/mol. The van der Waals surface area contributed by atoms with E-state index in [-0.39, 0.29) is 12.0 Å². The summed E-state index contributed by atoms with van der Waals surface area (Å²) in [5.41, 5.74) is 2.29. The molecular weight excluding hydrogens is 229 g/mol. The van der Waals surface area contributed by atoms with Crippen LogP contribution in [0.25, 0.3) is 11.1 Å². The van der Waals surface area contributed by atoms with Crippen LogP contribution in [-0.2, 0) is 13.0 Å². The SMILES string of the molecule is CCc1cn(CCF)cc(-c2ccccc2)c1=O. The van der Waals surface area contributed by atoms with Crippen LogP contribution in [0, 0.1) is 0 Å². The molecule has 1 heterocycles. The Morgan fingerprint density at radius 1 is 1.17 bits per heavy atom. The largest absolute Gasteiger partial charge is 0.350 e. The van der Waals surface area contributed by atoms with Gasteiger partial charge < -0.3 is 4.57 Å². The van der Waals surface area contributed by atoms with Crippen LogP contribution in [0.15, 0.2) is 47.5 Å². The molecule has 0 fully saturated rings. The number of hydrogen-bond donors (Lipinski definition) is 0. The van der Waals surface area contributed by atoms with E-state index in [9.17, 15) is 9.18 Å². The molecule has 0 spiro atoms. The van der Waals surface area contributed by atoms with Gasteiger partial charge in [-0.05, 0) is 12.0 Å². The first kappa shape index (κ1) is 12.6. The standard InChI is InChI=1S/C15H16FNO/c1-2-12-10-17(9-8-16)11-14(15(12)18)13-6-4-3-5-7-13/h3-7,10-11H,2,8-9H2,1H3. The summed E-state index contributed by atoms with van der Waals surface area (Å²) in [4.78, 5) is 12.2. The third-order valence-electron chi connectivity index (χ3n) is 2.96. The minimum absolute atomic E-state index is 0.0406. The Labute approximate surface area is 106 Å². The summed E-state index contributed by atoms with van der Waals surface area (Å²) in [5.74, 6) is 0. The van der Waals surface area contributed by atoms with Crippen molar-refractivity contribution in [2.75, 3.05) is 6.67 Å². The maximum Gasteiger partial charge on any atom is 0.192 e. The topological polar surface area (TPSA) is 22.0 Å². The molecule has 1 aromatic heterocycles. The maximum absolute atomic E-state index is 12.5. The average molecular weight is 245 g/mol. The highest BCUT2D eigenvalue weighted by Crippen LogP contribution is 2.15. The minimum Gasteiger partial charge on any atom is -0.350 e. The fraction of sp³-hybridized carbons (Fsp3) is 0.267. The monoisotopic (exact) mass is 245 g/mol. The van der Waals surface area contributed by atoms with E-state index in [0.29, 0.717) is 12.0 Å². The summed E-state index contributed by atoms with van der Waals surface area (Å²) in [6.45, 7) is 1.79. The van der Waals surface area contributed by atoms with Gasteiger partial charge in [-0.25, -0.2) is 4.39 Å². The third-order valence-corrected chi connectivity index (χ3v) is 2.96. The minimum atomic E-state index is -0.430. The lowest BCUT2D eigenvalue weighted by molar-refractivity contribution is 0.444. The Hall–Kier alpha value is -1.90. The molecule has 0 saturated carbocycles. The van der Waals surface area contributed by atoms with Crippen molar-refractivity contribution in [3.05, 3.63) is 58.5 Å². The molecule has 0 amide bonds. The van der Waals surface area contributed by atoms with Crippen molar-refractivity contribution in [3.63, 3.8) is 0 Å². The number of nitrogens with zero attached hydrogens (tertiary/aromatic N) is 1. The van der Waals surface area contributed by atoms with Gasteiger partial charge >= 0.3 is 0 Å². The van der Waals surface area contributed by atoms with Gasteiger partial charge in [-0.3, -0.25) is 4.79 Å².